The Kier molecular flexibility index (Phi) is 4.71. The minimum atomic E-state index is -0.274. The van der Waals surface area contributed by atoms with Crippen LogP contribution >= 0.6 is 11.6 Å². The molecule has 4 aromatic rings. The zero-order valence-electron chi connectivity index (χ0n) is 15.2. The van der Waals surface area contributed by atoms with Crippen LogP contribution in [0.2, 0.25) is 5.02 Å². The van der Waals surface area contributed by atoms with E-state index in [9.17, 15) is 4.79 Å². The summed E-state index contributed by atoms with van der Waals surface area (Å²) >= 11 is 6.12. The number of amides is 1. The van der Waals surface area contributed by atoms with Crippen LogP contribution in [0, 0.1) is 6.92 Å². The molecular formula is C21H16ClN3O3. The number of rotatable bonds is 4. The standard InChI is InChI=1S/C21H16ClN3O3/c1-12-5-6-14(21-25-19-18(28-21)4-3-9-23-19)11-16(12)24-20(26)13-7-8-17(27-2)15(22)10-13/h3-11H,1-2H3,(H,24,26). The fourth-order valence-electron chi connectivity index (χ4n) is 2.78. The lowest BCUT2D eigenvalue weighted by molar-refractivity contribution is 0.102. The first-order valence-corrected chi connectivity index (χ1v) is 8.90. The Bertz CT molecular complexity index is 1150. The van der Waals surface area contributed by atoms with Crippen molar-refractivity contribution >= 4 is 34.4 Å². The number of nitrogens with zero attached hydrogens (tertiary/aromatic N) is 2. The normalized spacial score (nSPS) is 10.8. The molecule has 140 valence electrons. The highest BCUT2D eigenvalue weighted by Gasteiger charge is 2.14. The Hall–Kier alpha value is -3.38. The van der Waals surface area contributed by atoms with Gasteiger partial charge in [0, 0.05) is 23.0 Å². The van der Waals surface area contributed by atoms with Crippen molar-refractivity contribution in [3.05, 3.63) is 70.9 Å². The molecule has 0 unspecified atom stereocenters. The highest BCUT2D eigenvalue weighted by molar-refractivity contribution is 6.32. The molecule has 0 saturated heterocycles. The molecule has 1 amide bonds. The van der Waals surface area contributed by atoms with Crippen molar-refractivity contribution in [2.24, 2.45) is 0 Å². The number of oxazole rings is 1. The molecule has 0 bridgehead atoms. The minimum Gasteiger partial charge on any atom is -0.495 e. The first-order valence-electron chi connectivity index (χ1n) is 8.52. The van der Waals surface area contributed by atoms with Crippen molar-refractivity contribution in [1.29, 1.82) is 0 Å². The van der Waals surface area contributed by atoms with E-state index in [1.165, 1.54) is 7.11 Å². The van der Waals surface area contributed by atoms with Crippen LogP contribution in [0.3, 0.4) is 0 Å². The lowest BCUT2D eigenvalue weighted by Crippen LogP contribution is -2.13. The van der Waals surface area contributed by atoms with E-state index in [1.807, 2.05) is 31.2 Å². The van der Waals surface area contributed by atoms with Gasteiger partial charge >= 0.3 is 0 Å². The Morgan fingerprint density at radius 3 is 2.79 bits per heavy atom. The molecule has 4 rings (SSSR count). The molecule has 28 heavy (non-hydrogen) atoms. The first kappa shape index (κ1) is 18.0. The van der Waals surface area contributed by atoms with Crippen LogP contribution < -0.4 is 10.1 Å². The molecule has 6 nitrogen and oxygen atoms in total. The van der Waals surface area contributed by atoms with Crippen molar-refractivity contribution < 1.29 is 13.9 Å². The summed E-state index contributed by atoms with van der Waals surface area (Å²) in [5.74, 6) is 0.682. The van der Waals surface area contributed by atoms with Crippen LogP contribution in [0.1, 0.15) is 15.9 Å². The SMILES string of the molecule is COc1ccc(C(=O)Nc2cc(-c3nc4ncccc4o3)ccc2C)cc1Cl. The summed E-state index contributed by atoms with van der Waals surface area (Å²) in [5.41, 5.74) is 3.89. The molecule has 0 saturated carbocycles. The summed E-state index contributed by atoms with van der Waals surface area (Å²) < 4.78 is 10.9. The van der Waals surface area contributed by atoms with Crippen molar-refractivity contribution in [3.8, 4) is 17.2 Å². The summed E-state index contributed by atoms with van der Waals surface area (Å²) in [5, 5.41) is 3.29. The minimum absolute atomic E-state index is 0.274. The van der Waals surface area contributed by atoms with Gasteiger partial charge in [0.15, 0.2) is 11.2 Å². The van der Waals surface area contributed by atoms with Crippen LogP contribution in [0.5, 0.6) is 5.75 Å². The Morgan fingerprint density at radius 2 is 2.04 bits per heavy atom. The monoisotopic (exact) mass is 393 g/mol. The van der Waals surface area contributed by atoms with E-state index in [0.29, 0.717) is 39.1 Å². The van der Waals surface area contributed by atoms with Gasteiger partial charge in [-0.25, -0.2) is 4.98 Å². The number of fused-ring (bicyclic) bond motifs is 1. The van der Waals surface area contributed by atoms with Crippen LogP contribution in [0.15, 0.2) is 59.1 Å². The maximum atomic E-state index is 12.6. The maximum Gasteiger partial charge on any atom is 0.255 e. The van der Waals surface area contributed by atoms with Gasteiger partial charge in [-0.1, -0.05) is 17.7 Å². The number of nitrogens with one attached hydrogen (secondary N) is 1. The number of aromatic nitrogens is 2. The van der Waals surface area contributed by atoms with Gasteiger partial charge in [-0.2, -0.15) is 4.98 Å². The summed E-state index contributed by atoms with van der Waals surface area (Å²) in [7, 11) is 1.53. The fourth-order valence-corrected chi connectivity index (χ4v) is 3.04. The zero-order valence-corrected chi connectivity index (χ0v) is 15.9. The molecule has 2 aromatic heterocycles. The molecule has 2 heterocycles. The van der Waals surface area contributed by atoms with Crippen molar-refractivity contribution in [2.75, 3.05) is 12.4 Å². The van der Waals surface area contributed by atoms with Crippen molar-refractivity contribution in [3.63, 3.8) is 0 Å². The topological polar surface area (TPSA) is 77.2 Å². The number of methoxy groups -OCH3 is 1. The Labute approximate surface area is 166 Å². The lowest BCUT2D eigenvalue weighted by Gasteiger charge is -2.11. The second kappa shape index (κ2) is 7.32. The van der Waals surface area contributed by atoms with E-state index in [2.05, 4.69) is 15.3 Å². The summed E-state index contributed by atoms with van der Waals surface area (Å²) in [6.45, 7) is 1.91. The molecule has 1 N–H and O–H groups in total. The molecule has 0 fully saturated rings. The lowest BCUT2D eigenvalue weighted by atomic mass is 10.1. The Balaban J connectivity index is 1.63. The van der Waals surface area contributed by atoms with Gasteiger partial charge in [0.05, 0.1) is 12.1 Å². The van der Waals surface area contributed by atoms with Gasteiger partial charge in [0.1, 0.15) is 5.75 Å². The molecule has 0 atom stereocenters. The number of aryl methyl sites for hydroxylation is 1. The van der Waals surface area contributed by atoms with Gasteiger partial charge in [0.25, 0.3) is 5.91 Å². The second-order valence-corrected chi connectivity index (χ2v) is 6.58. The maximum absolute atomic E-state index is 12.6. The number of carbonyl (C=O) groups is 1. The zero-order chi connectivity index (χ0) is 19.7. The van der Waals surface area contributed by atoms with Gasteiger partial charge in [-0.3, -0.25) is 4.79 Å². The Morgan fingerprint density at radius 1 is 1.18 bits per heavy atom. The molecule has 7 heteroatoms. The third-order valence-corrected chi connectivity index (χ3v) is 4.61. The number of benzene rings is 2. The van der Waals surface area contributed by atoms with Gasteiger partial charge < -0.3 is 14.5 Å². The highest BCUT2D eigenvalue weighted by Crippen LogP contribution is 2.29. The number of ether oxygens (including phenoxy) is 1. The number of halogens is 1. The summed E-state index contributed by atoms with van der Waals surface area (Å²) in [6, 6.07) is 14.1. The molecule has 0 aliphatic rings. The third kappa shape index (κ3) is 3.42. The van der Waals surface area contributed by atoms with E-state index in [-0.39, 0.29) is 5.91 Å². The molecule has 0 radical (unpaired) electrons. The van der Waals surface area contributed by atoms with Crippen molar-refractivity contribution in [1.82, 2.24) is 9.97 Å². The smallest absolute Gasteiger partial charge is 0.255 e. The largest absolute Gasteiger partial charge is 0.495 e. The third-order valence-electron chi connectivity index (χ3n) is 4.31. The first-order chi connectivity index (χ1) is 13.5. The molecule has 0 spiro atoms. The van der Waals surface area contributed by atoms with Crippen LogP contribution in [-0.2, 0) is 0 Å². The number of pyridine rings is 1. The average molecular weight is 394 g/mol. The van der Waals surface area contributed by atoms with Gasteiger partial charge in [-0.05, 0) is 55.0 Å². The quantitative estimate of drug-likeness (QED) is 0.521. The van der Waals surface area contributed by atoms with E-state index in [4.69, 9.17) is 20.8 Å². The number of hydrogen-bond donors (Lipinski definition) is 1. The number of carbonyl (C=O) groups excluding carboxylic acids is 1. The van der Waals surface area contributed by atoms with Crippen LogP contribution in [0.25, 0.3) is 22.7 Å². The van der Waals surface area contributed by atoms with E-state index in [1.54, 1.807) is 30.5 Å². The number of anilines is 1. The summed E-state index contributed by atoms with van der Waals surface area (Å²) in [4.78, 5) is 21.2. The summed E-state index contributed by atoms with van der Waals surface area (Å²) in [6.07, 6.45) is 1.66. The molecule has 0 aliphatic heterocycles. The second-order valence-electron chi connectivity index (χ2n) is 6.18. The molecule has 2 aromatic carbocycles. The molecule has 0 aliphatic carbocycles. The number of hydrogen-bond acceptors (Lipinski definition) is 5. The predicted molar refractivity (Wildman–Crippen MR) is 108 cm³/mol. The van der Waals surface area contributed by atoms with E-state index < -0.39 is 0 Å². The van der Waals surface area contributed by atoms with Crippen LogP contribution in [0.4, 0.5) is 5.69 Å². The fraction of sp³-hybridized carbons (Fsp3) is 0.0952. The van der Waals surface area contributed by atoms with Gasteiger partial charge in [0.2, 0.25) is 5.89 Å². The molecular weight excluding hydrogens is 378 g/mol. The van der Waals surface area contributed by atoms with Crippen molar-refractivity contribution in [2.45, 2.75) is 6.92 Å². The average Bonchev–Trinajstić information content (AvgIpc) is 3.13. The van der Waals surface area contributed by atoms with Gasteiger partial charge in [-0.15, -0.1) is 0 Å². The predicted octanol–water partition coefficient (Wildman–Crippen LogP) is 5.11. The van der Waals surface area contributed by atoms with E-state index in [0.717, 1.165) is 11.1 Å². The van der Waals surface area contributed by atoms with E-state index >= 15 is 0 Å². The van der Waals surface area contributed by atoms with Crippen LogP contribution in [-0.4, -0.2) is 23.0 Å². The highest BCUT2D eigenvalue weighted by atomic mass is 35.5.